The lowest BCUT2D eigenvalue weighted by atomic mass is 10.1. The quantitative estimate of drug-likeness (QED) is 0.639. The van der Waals surface area contributed by atoms with Crippen molar-refractivity contribution in [3.8, 4) is 5.75 Å². The van der Waals surface area contributed by atoms with Crippen LogP contribution < -0.4 is 15.5 Å². The van der Waals surface area contributed by atoms with Crippen molar-refractivity contribution in [1.82, 2.24) is 10.4 Å². The monoisotopic (exact) mass is 478 g/mol. The molecule has 34 heavy (non-hydrogen) atoms. The lowest BCUT2D eigenvalue weighted by Gasteiger charge is -2.35. The molecule has 0 aromatic heterocycles. The summed E-state index contributed by atoms with van der Waals surface area (Å²) >= 11 is 1.97. The average Bonchev–Trinajstić information content (AvgIpc) is 3.32. The number of hydrogen-bond donors (Lipinski definition) is 2. The van der Waals surface area contributed by atoms with E-state index in [2.05, 4.69) is 59.0 Å². The smallest absolute Gasteiger partial charge is 0.215 e. The first-order valence-corrected chi connectivity index (χ1v) is 12.7. The molecule has 8 nitrogen and oxygen atoms in total. The average molecular weight is 479 g/mol. The summed E-state index contributed by atoms with van der Waals surface area (Å²) in [5, 5.41) is 8.00. The van der Waals surface area contributed by atoms with Crippen molar-refractivity contribution in [3.63, 3.8) is 0 Å². The minimum absolute atomic E-state index is 0.370. The molecule has 3 aliphatic rings. The molecule has 1 unspecified atom stereocenters. The summed E-state index contributed by atoms with van der Waals surface area (Å²) in [5.41, 5.74) is 5.03. The number of aryl methyl sites for hydroxylation is 1. The second-order valence-electron chi connectivity index (χ2n) is 8.59. The fourth-order valence-corrected chi connectivity index (χ4v) is 5.17. The molecule has 0 radical (unpaired) electrons. The molecule has 2 aromatic rings. The molecule has 3 heterocycles. The highest BCUT2D eigenvalue weighted by Crippen LogP contribution is 2.31. The van der Waals surface area contributed by atoms with Crippen molar-refractivity contribution < 1.29 is 9.68 Å². The highest BCUT2D eigenvalue weighted by Gasteiger charge is 2.33. The molecule has 3 aliphatic heterocycles. The van der Waals surface area contributed by atoms with E-state index in [0.29, 0.717) is 23.5 Å². The number of likely N-dealkylation sites (tertiary alicyclic amines) is 1. The number of benzene rings is 2. The second-order valence-corrected chi connectivity index (χ2v) is 9.96. The van der Waals surface area contributed by atoms with Crippen LogP contribution in [0.25, 0.3) is 0 Å². The molecule has 0 amide bonds. The number of nitrogens with zero attached hydrogens (tertiary/aromatic N) is 4. The Morgan fingerprint density at radius 3 is 2.62 bits per heavy atom. The zero-order chi connectivity index (χ0) is 23.3. The predicted octanol–water partition coefficient (Wildman–Crippen LogP) is 4.44. The standard InChI is InChI=1S/C25H30N6O2S/c1-3-16-32-19-8-6-18(7-9-19)26-24-25(28-23-22(27-24)29-33-30-23)31-14-12-21(13-15-31)34-20-10-4-17(2)5-11-20/h4-11,21,23,30H,3,12-16H2,1-2H3,(H,26,27,29). The van der Waals surface area contributed by atoms with E-state index in [4.69, 9.17) is 19.7 Å². The molecule has 178 valence electrons. The molecule has 1 atom stereocenters. The Morgan fingerprint density at radius 1 is 1.12 bits per heavy atom. The number of piperidine rings is 1. The van der Waals surface area contributed by atoms with Gasteiger partial charge < -0.3 is 15.0 Å². The van der Waals surface area contributed by atoms with Gasteiger partial charge in [0.2, 0.25) is 5.84 Å². The summed E-state index contributed by atoms with van der Waals surface area (Å²) in [5.74, 6) is 2.91. The van der Waals surface area contributed by atoms with Gasteiger partial charge in [-0.2, -0.15) is 0 Å². The van der Waals surface area contributed by atoms with Crippen LogP contribution in [0, 0.1) is 6.92 Å². The van der Waals surface area contributed by atoms with Gasteiger partial charge in [0, 0.05) is 28.9 Å². The molecule has 5 rings (SSSR count). The third kappa shape index (κ3) is 5.37. The van der Waals surface area contributed by atoms with E-state index in [0.717, 1.165) is 49.6 Å². The van der Waals surface area contributed by atoms with Gasteiger partial charge >= 0.3 is 0 Å². The predicted molar refractivity (Wildman–Crippen MR) is 138 cm³/mol. The van der Waals surface area contributed by atoms with Crippen LogP contribution in [-0.4, -0.2) is 53.5 Å². The Kier molecular flexibility index (Phi) is 7.01. The van der Waals surface area contributed by atoms with Crippen LogP contribution >= 0.6 is 11.8 Å². The molecule has 0 bridgehead atoms. The fraction of sp³-hybridized carbons (Fsp3) is 0.400. The number of rotatable bonds is 6. The van der Waals surface area contributed by atoms with E-state index in [9.17, 15) is 0 Å². The molecule has 0 saturated carbocycles. The first-order chi connectivity index (χ1) is 16.7. The Balaban J connectivity index is 1.25. The van der Waals surface area contributed by atoms with Gasteiger partial charge in [-0.15, -0.1) is 11.8 Å². The van der Waals surface area contributed by atoms with Crippen LogP contribution in [0.1, 0.15) is 31.7 Å². The van der Waals surface area contributed by atoms with E-state index in [1.54, 1.807) is 0 Å². The molecule has 2 aromatic carbocycles. The van der Waals surface area contributed by atoms with Crippen molar-refractivity contribution in [2.75, 3.05) is 25.0 Å². The Morgan fingerprint density at radius 2 is 1.88 bits per heavy atom. The maximum absolute atomic E-state index is 5.70. The van der Waals surface area contributed by atoms with Gasteiger partial charge in [0.15, 0.2) is 17.8 Å². The number of amidine groups is 3. The van der Waals surface area contributed by atoms with Gasteiger partial charge in [-0.05, 0) is 67.7 Å². The molecule has 0 aliphatic carbocycles. The number of anilines is 1. The first kappa shape index (κ1) is 22.7. The van der Waals surface area contributed by atoms with E-state index < -0.39 is 0 Å². The Labute approximate surface area is 204 Å². The number of ether oxygens (including phenoxy) is 1. The molecular formula is C25H30N6O2S. The Hall–Kier alpha value is -3.04. The normalized spacial score (nSPS) is 20.1. The maximum Gasteiger partial charge on any atom is 0.215 e. The topological polar surface area (TPSA) is 82.8 Å². The summed E-state index contributed by atoms with van der Waals surface area (Å²) in [7, 11) is 0. The summed E-state index contributed by atoms with van der Waals surface area (Å²) in [6, 6.07) is 16.7. The lowest BCUT2D eigenvalue weighted by Crippen LogP contribution is -2.49. The van der Waals surface area contributed by atoms with E-state index in [-0.39, 0.29) is 6.17 Å². The van der Waals surface area contributed by atoms with Crippen molar-refractivity contribution >= 4 is 35.0 Å². The van der Waals surface area contributed by atoms with Crippen LogP contribution in [0.15, 0.2) is 68.6 Å². The van der Waals surface area contributed by atoms with Crippen molar-refractivity contribution in [2.24, 2.45) is 15.1 Å². The molecule has 0 spiro atoms. The third-order valence-electron chi connectivity index (χ3n) is 5.89. The highest BCUT2D eigenvalue weighted by atomic mass is 32.2. The summed E-state index contributed by atoms with van der Waals surface area (Å²) in [4.78, 5) is 18.3. The van der Waals surface area contributed by atoms with E-state index in [1.807, 2.05) is 36.0 Å². The summed E-state index contributed by atoms with van der Waals surface area (Å²) in [6.07, 6.45) is 2.79. The van der Waals surface area contributed by atoms with Gasteiger partial charge in [-0.25, -0.2) is 9.98 Å². The first-order valence-electron chi connectivity index (χ1n) is 11.8. The van der Waals surface area contributed by atoms with Crippen LogP contribution in [0.3, 0.4) is 0 Å². The lowest BCUT2D eigenvalue weighted by molar-refractivity contribution is 0.0612. The van der Waals surface area contributed by atoms with Crippen LogP contribution in [0.2, 0.25) is 0 Å². The van der Waals surface area contributed by atoms with Gasteiger partial charge in [-0.1, -0.05) is 30.1 Å². The minimum atomic E-state index is -0.370. The number of oxime groups is 1. The molecular weight excluding hydrogens is 448 g/mol. The van der Waals surface area contributed by atoms with Gasteiger partial charge in [-0.3, -0.25) is 4.94 Å². The number of thioether (sulfide) groups is 1. The SMILES string of the molecule is CCCOc1ccc(NC2=NC3=NONC3N=C2N2CCC(Sc3ccc(C)cc3)CC2)cc1. The van der Waals surface area contributed by atoms with Crippen molar-refractivity contribution in [3.05, 3.63) is 54.1 Å². The number of aliphatic imine (C=N–C) groups is 2. The second kappa shape index (κ2) is 10.5. The molecule has 1 fully saturated rings. The molecule has 9 heteroatoms. The van der Waals surface area contributed by atoms with Crippen LogP contribution in [0.5, 0.6) is 5.75 Å². The zero-order valence-corrected chi connectivity index (χ0v) is 20.3. The fourth-order valence-electron chi connectivity index (χ4n) is 4.04. The van der Waals surface area contributed by atoms with Crippen LogP contribution in [-0.2, 0) is 4.94 Å². The van der Waals surface area contributed by atoms with Crippen molar-refractivity contribution in [1.29, 1.82) is 0 Å². The summed E-state index contributed by atoms with van der Waals surface area (Å²) < 4.78 is 5.70. The highest BCUT2D eigenvalue weighted by molar-refractivity contribution is 8.00. The van der Waals surface area contributed by atoms with E-state index >= 15 is 0 Å². The molecule has 2 N–H and O–H groups in total. The maximum atomic E-state index is 5.70. The largest absolute Gasteiger partial charge is 0.494 e. The number of hydrogen-bond acceptors (Lipinski definition) is 9. The number of nitrogens with one attached hydrogen (secondary N) is 2. The van der Waals surface area contributed by atoms with Crippen molar-refractivity contribution in [2.45, 2.75) is 49.4 Å². The van der Waals surface area contributed by atoms with Crippen LogP contribution in [0.4, 0.5) is 5.69 Å². The van der Waals surface area contributed by atoms with Gasteiger partial charge in [0.1, 0.15) is 5.75 Å². The van der Waals surface area contributed by atoms with E-state index in [1.165, 1.54) is 10.5 Å². The zero-order valence-electron chi connectivity index (χ0n) is 19.5. The number of fused-ring (bicyclic) bond motifs is 1. The third-order valence-corrected chi connectivity index (χ3v) is 7.24. The van der Waals surface area contributed by atoms with Gasteiger partial charge in [0.05, 0.1) is 6.61 Å². The Bertz CT molecular complexity index is 1080. The molecule has 1 saturated heterocycles. The number of hydroxylamine groups is 1. The minimum Gasteiger partial charge on any atom is -0.494 e. The van der Waals surface area contributed by atoms with Gasteiger partial charge in [0.25, 0.3) is 0 Å². The summed E-state index contributed by atoms with van der Waals surface area (Å²) in [6.45, 7) is 6.78.